The molecule has 1 saturated heterocycles. The molecule has 3 rings (SSSR count). The second-order valence-corrected chi connectivity index (χ2v) is 10.4. The Kier molecular flexibility index (Phi) is 6.06. The third-order valence-corrected chi connectivity index (χ3v) is 7.64. The zero-order valence-electron chi connectivity index (χ0n) is 15.0. The van der Waals surface area contributed by atoms with Crippen LogP contribution in [-0.4, -0.2) is 44.5 Å². The summed E-state index contributed by atoms with van der Waals surface area (Å²) >= 11 is 0. The molecule has 24 heavy (non-hydrogen) atoms. The third-order valence-electron chi connectivity index (χ3n) is 5.81. The van der Waals surface area contributed by atoms with E-state index in [0.29, 0.717) is 30.1 Å². The molecule has 3 fully saturated rings. The van der Waals surface area contributed by atoms with E-state index in [4.69, 9.17) is 4.99 Å². The average molecular weight is 356 g/mol. The number of sulfone groups is 1. The molecule has 2 N–H and O–H groups in total. The summed E-state index contributed by atoms with van der Waals surface area (Å²) in [7, 11) is -2.81. The Morgan fingerprint density at radius 3 is 2.38 bits per heavy atom. The first kappa shape index (κ1) is 18.0. The van der Waals surface area contributed by atoms with Crippen molar-refractivity contribution in [3.8, 4) is 0 Å². The maximum Gasteiger partial charge on any atom is 0.191 e. The lowest BCUT2D eigenvalue weighted by Crippen LogP contribution is -2.48. The Bertz CT molecular complexity index is 540. The second kappa shape index (κ2) is 8.07. The average Bonchev–Trinajstić information content (AvgIpc) is 3.14. The fraction of sp³-hybridized carbons (Fsp3) is 0.944. The van der Waals surface area contributed by atoms with E-state index in [9.17, 15) is 8.42 Å². The van der Waals surface area contributed by atoms with Crippen molar-refractivity contribution in [2.24, 2.45) is 16.8 Å². The van der Waals surface area contributed by atoms with Gasteiger partial charge < -0.3 is 10.6 Å². The summed E-state index contributed by atoms with van der Waals surface area (Å²) < 4.78 is 23.3. The van der Waals surface area contributed by atoms with Gasteiger partial charge in [-0.1, -0.05) is 32.6 Å². The van der Waals surface area contributed by atoms with Gasteiger partial charge in [0.25, 0.3) is 0 Å². The normalized spacial score (nSPS) is 34.4. The number of nitrogens with one attached hydrogen (secondary N) is 2. The summed E-state index contributed by atoms with van der Waals surface area (Å²) in [6.45, 7) is 2.96. The molecule has 0 radical (unpaired) electrons. The molecule has 138 valence electrons. The second-order valence-electron chi connectivity index (χ2n) is 8.20. The number of guanidine groups is 1. The molecule has 3 atom stereocenters. The van der Waals surface area contributed by atoms with E-state index in [2.05, 4.69) is 17.6 Å². The fourth-order valence-electron chi connectivity index (χ4n) is 4.39. The molecule has 2 aliphatic carbocycles. The first-order valence-electron chi connectivity index (χ1n) is 9.78. The summed E-state index contributed by atoms with van der Waals surface area (Å²) in [6.07, 6.45) is 10.9. The number of aliphatic imine (C=N–C) groups is 1. The number of nitrogens with zero attached hydrogens (tertiary/aromatic N) is 1. The standard InChI is InChI=1S/C18H33N3O2S/c1-14-5-4-8-17(11-14)21-18(20-16-6-2-3-7-16)19-12-15-9-10-24(22,23)13-15/h14-17H,2-13H2,1H3,(H2,19,20,21). The molecule has 2 saturated carbocycles. The van der Waals surface area contributed by atoms with Crippen LogP contribution in [0, 0.1) is 11.8 Å². The van der Waals surface area contributed by atoms with E-state index < -0.39 is 9.84 Å². The van der Waals surface area contributed by atoms with Crippen LogP contribution in [0.15, 0.2) is 4.99 Å². The van der Waals surface area contributed by atoms with Gasteiger partial charge in [-0.25, -0.2) is 8.42 Å². The summed E-state index contributed by atoms with van der Waals surface area (Å²) in [5.74, 6) is 2.55. The van der Waals surface area contributed by atoms with Gasteiger partial charge >= 0.3 is 0 Å². The van der Waals surface area contributed by atoms with Crippen molar-refractivity contribution in [1.82, 2.24) is 10.6 Å². The van der Waals surface area contributed by atoms with E-state index in [0.717, 1.165) is 18.3 Å². The Balaban J connectivity index is 1.58. The largest absolute Gasteiger partial charge is 0.354 e. The Morgan fingerprint density at radius 2 is 1.71 bits per heavy atom. The lowest BCUT2D eigenvalue weighted by molar-refractivity contribution is 0.323. The maximum atomic E-state index is 11.6. The molecule has 0 aromatic heterocycles. The van der Waals surface area contributed by atoms with E-state index in [1.807, 2.05) is 0 Å². The van der Waals surface area contributed by atoms with Crippen molar-refractivity contribution in [3.63, 3.8) is 0 Å². The van der Waals surface area contributed by atoms with Crippen molar-refractivity contribution >= 4 is 15.8 Å². The molecule has 0 spiro atoms. The van der Waals surface area contributed by atoms with E-state index in [1.54, 1.807) is 0 Å². The van der Waals surface area contributed by atoms with Crippen molar-refractivity contribution in [3.05, 3.63) is 0 Å². The Hall–Kier alpha value is -0.780. The van der Waals surface area contributed by atoms with Gasteiger partial charge in [-0.15, -0.1) is 0 Å². The van der Waals surface area contributed by atoms with Gasteiger partial charge in [0, 0.05) is 18.6 Å². The molecule has 3 aliphatic rings. The zero-order valence-corrected chi connectivity index (χ0v) is 15.8. The van der Waals surface area contributed by atoms with Crippen molar-refractivity contribution in [2.45, 2.75) is 76.8 Å². The Labute approximate surface area is 147 Å². The number of hydrogen-bond donors (Lipinski definition) is 2. The van der Waals surface area contributed by atoms with Crippen LogP contribution < -0.4 is 10.6 Å². The van der Waals surface area contributed by atoms with Crippen LogP contribution in [-0.2, 0) is 9.84 Å². The molecule has 1 heterocycles. The lowest BCUT2D eigenvalue weighted by atomic mass is 9.87. The molecular weight excluding hydrogens is 322 g/mol. The summed E-state index contributed by atoms with van der Waals surface area (Å²) in [6, 6.07) is 1.04. The molecule has 1 aliphatic heterocycles. The van der Waals surface area contributed by atoms with E-state index in [1.165, 1.54) is 51.4 Å². The van der Waals surface area contributed by atoms with Crippen LogP contribution in [0.3, 0.4) is 0 Å². The Morgan fingerprint density at radius 1 is 1.00 bits per heavy atom. The summed E-state index contributed by atoms with van der Waals surface area (Å²) in [5.41, 5.74) is 0. The highest BCUT2D eigenvalue weighted by Crippen LogP contribution is 2.24. The molecule has 3 unspecified atom stereocenters. The van der Waals surface area contributed by atoms with E-state index >= 15 is 0 Å². The zero-order chi connectivity index (χ0) is 17.0. The van der Waals surface area contributed by atoms with Crippen LogP contribution in [0.25, 0.3) is 0 Å². The van der Waals surface area contributed by atoms with Crippen LogP contribution in [0.4, 0.5) is 0 Å². The predicted octanol–water partition coefficient (Wildman–Crippen LogP) is 2.48. The first-order chi connectivity index (χ1) is 11.5. The predicted molar refractivity (Wildman–Crippen MR) is 99.0 cm³/mol. The molecular formula is C18H33N3O2S. The molecule has 0 aromatic carbocycles. The lowest BCUT2D eigenvalue weighted by Gasteiger charge is -2.30. The van der Waals surface area contributed by atoms with Gasteiger partial charge in [-0.2, -0.15) is 0 Å². The van der Waals surface area contributed by atoms with Crippen LogP contribution >= 0.6 is 0 Å². The van der Waals surface area contributed by atoms with Crippen LogP contribution in [0.5, 0.6) is 0 Å². The van der Waals surface area contributed by atoms with Gasteiger partial charge in [0.2, 0.25) is 0 Å². The van der Waals surface area contributed by atoms with Gasteiger partial charge in [0.15, 0.2) is 15.8 Å². The van der Waals surface area contributed by atoms with Crippen LogP contribution in [0.2, 0.25) is 0 Å². The van der Waals surface area contributed by atoms with E-state index in [-0.39, 0.29) is 5.92 Å². The molecule has 5 nitrogen and oxygen atoms in total. The molecule has 6 heteroatoms. The summed E-state index contributed by atoms with van der Waals surface area (Å²) in [4.78, 5) is 4.78. The van der Waals surface area contributed by atoms with Crippen LogP contribution in [0.1, 0.15) is 64.7 Å². The topological polar surface area (TPSA) is 70.6 Å². The quantitative estimate of drug-likeness (QED) is 0.600. The highest BCUT2D eigenvalue weighted by Gasteiger charge is 2.28. The van der Waals surface area contributed by atoms with Crippen molar-refractivity contribution < 1.29 is 8.42 Å². The third kappa shape index (κ3) is 5.36. The van der Waals surface area contributed by atoms with Gasteiger partial charge in [0.05, 0.1) is 11.5 Å². The van der Waals surface area contributed by atoms with Crippen molar-refractivity contribution in [1.29, 1.82) is 0 Å². The molecule has 0 amide bonds. The highest BCUT2D eigenvalue weighted by atomic mass is 32.2. The number of hydrogen-bond acceptors (Lipinski definition) is 3. The maximum absolute atomic E-state index is 11.6. The summed E-state index contributed by atoms with van der Waals surface area (Å²) in [5, 5.41) is 7.26. The smallest absolute Gasteiger partial charge is 0.191 e. The van der Waals surface area contributed by atoms with Gasteiger partial charge in [-0.3, -0.25) is 4.99 Å². The van der Waals surface area contributed by atoms with Gasteiger partial charge in [0.1, 0.15) is 0 Å². The van der Waals surface area contributed by atoms with Crippen molar-refractivity contribution in [2.75, 3.05) is 18.1 Å². The highest BCUT2D eigenvalue weighted by molar-refractivity contribution is 7.91. The molecule has 0 bridgehead atoms. The minimum Gasteiger partial charge on any atom is -0.354 e. The SMILES string of the molecule is CC1CCCC(NC(=NCC2CCS(=O)(=O)C2)NC2CCCC2)C1. The fourth-order valence-corrected chi connectivity index (χ4v) is 6.24. The minimum atomic E-state index is -2.81. The minimum absolute atomic E-state index is 0.197. The molecule has 0 aromatic rings. The monoisotopic (exact) mass is 355 g/mol. The first-order valence-corrected chi connectivity index (χ1v) is 11.6. The van der Waals surface area contributed by atoms with Gasteiger partial charge in [-0.05, 0) is 43.9 Å². The number of rotatable bonds is 4.